The van der Waals surface area contributed by atoms with E-state index in [1.54, 1.807) is 12.4 Å². The number of nitrogens with one attached hydrogen (secondary N) is 3. The molecule has 0 unspecified atom stereocenters. The lowest BCUT2D eigenvalue weighted by Gasteiger charge is -2.35. The first-order chi connectivity index (χ1) is 14.1. The van der Waals surface area contributed by atoms with Crippen molar-refractivity contribution < 1.29 is 14.3 Å². The van der Waals surface area contributed by atoms with E-state index in [1.807, 2.05) is 17.7 Å². The zero-order valence-corrected chi connectivity index (χ0v) is 17.1. The fourth-order valence-corrected chi connectivity index (χ4v) is 3.62. The number of ether oxygens (including phenoxy) is 1. The molecule has 0 bridgehead atoms. The van der Waals surface area contributed by atoms with Gasteiger partial charge in [-0.05, 0) is 38.7 Å². The molecule has 0 radical (unpaired) electrons. The van der Waals surface area contributed by atoms with Crippen LogP contribution < -0.4 is 10.6 Å². The summed E-state index contributed by atoms with van der Waals surface area (Å²) in [6, 6.07) is 1.40. The van der Waals surface area contributed by atoms with E-state index in [0.717, 1.165) is 31.5 Å². The predicted molar refractivity (Wildman–Crippen MR) is 107 cm³/mol. The third-order valence-electron chi connectivity index (χ3n) is 5.25. The van der Waals surface area contributed by atoms with Gasteiger partial charge in [-0.15, -0.1) is 0 Å². The van der Waals surface area contributed by atoms with Gasteiger partial charge in [0.25, 0.3) is 5.91 Å². The van der Waals surface area contributed by atoms with E-state index in [4.69, 9.17) is 4.74 Å². The van der Waals surface area contributed by atoms with Crippen molar-refractivity contribution in [1.29, 1.82) is 0 Å². The number of carbonyl (C=O) groups is 2. The summed E-state index contributed by atoms with van der Waals surface area (Å²) in [7, 11) is 0. The second-order valence-electron chi connectivity index (χ2n) is 7.38. The topological polar surface area (TPSA) is 114 Å². The minimum absolute atomic E-state index is 0.00854. The Morgan fingerprint density at radius 1 is 1.34 bits per heavy atom. The number of hydrogen-bond acceptors (Lipinski definition) is 5. The third-order valence-corrected chi connectivity index (χ3v) is 5.25. The molecule has 0 aromatic carbocycles. The van der Waals surface area contributed by atoms with E-state index in [-0.39, 0.29) is 29.9 Å². The molecule has 2 amide bonds. The second-order valence-corrected chi connectivity index (χ2v) is 7.38. The van der Waals surface area contributed by atoms with E-state index in [9.17, 15) is 9.59 Å². The van der Waals surface area contributed by atoms with Crippen LogP contribution >= 0.6 is 0 Å². The molecule has 1 saturated carbocycles. The summed E-state index contributed by atoms with van der Waals surface area (Å²) in [6.07, 6.45) is 8.07. The van der Waals surface area contributed by atoms with Crippen LogP contribution in [0.5, 0.6) is 0 Å². The van der Waals surface area contributed by atoms with Crippen molar-refractivity contribution >= 4 is 11.8 Å². The molecule has 2 aromatic heterocycles. The van der Waals surface area contributed by atoms with E-state index in [1.165, 1.54) is 6.20 Å². The summed E-state index contributed by atoms with van der Waals surface area (Å²) >= 11 is 0. The molecule has 1 fully saturated rings. The maximum Gasteiger partial charge on any atom is 0.269 e. The van der Waals surface area contributed by atoms with Gasteiger partial charge in [0, 0.05) is 31.5 Å². The number of rotatable bonds is 9. The predicted octanol–water partition coefficient (Wildman–Crippen LogP) is 1.64. The lowest BCUT2D eigenvalue weighted by atomic mass is 9.83. The van der Waals surface area contributed by atoms with Gasteiger partial charge in [-0.1, -0.05) is 6.92 Å². The number of carbonyl (C=O) groups excluding carboxylic acids is 2. The van der Waals surface area contributed by atoms with Gasteiger partial charge >= 0.3 is 0 Å². The molecule has 9 heteroatoms. The number of H-pyrrole nitrogens is 1. The van der Waals surface area contributed by atoms with Crippen LogP contribution in [0.15, 0.2) is 24.8 Å². The van der Waals surface area contributed by atoms with Gasteiger partial charge in [0.1, 0.15) is 5.69 Å². The van der Waals surface area contributed by atoms with Gasteiger partial charge in [-0.2, -0.15) is 5.10 Å². The Hall–Kier alpha value is -2.68. The standard InChI is InChI=1S/C20H30N6O3/c1-3-9-29-18-6-5-14(10-17(18)24-20(28)16-7-8-23-25-16)19(27)21-11-15-12-26(4-2)13-22-15/h7-8,12-14,17-18H,3-6,9-11H2,1-2H3,(H,21,27)(H,23,25)(H,24,28)/t14-,17+,18+/m0/s1. The third kappa shape index (κ3) is 5.66. The van der Waals surface area contributed by atoms with Gasteiger partial charge in [-0.3, -0.25) is 14.7 Å². The lowest BCUT2D eigenvalue weighted by molar-refractivity contribution is -0.127. The Morgan fingerprint density at radius 3 is 2.90 bits per heavy atom. The smallest absolute Gasteiger partial charge is 0.269 e. The van der Waals surface area contributed by atoms with E-state index in [2.05, 4.69) is 32.7 Å². The fraction of sp³-hybridized carbons (Fsp3) is 0.600. The summed E-state index contributed by atoms with van der Waals surface area (Å²) in [5.41, 5.74) is 1.24. The first kappa shape index (κ1) is 21.0. The number of aromatic nitrogens is 4. The van der Waals surface area contributed by atoms with Crippen molar-refractivity contribution in [2.75, 3.05) is 6.61 Å². The van der Waals surface area contributed by atoms with Crippen LogP contribution in [0.2, 0.25) is 0 Å². The summed E-state index contributed by atoms with van der Waals surface area (Å²) < 4.78 is 7.92. The van der Waals surface area contributed by atoms with Crippen LogP contribution in [-0.4, -0.2) is 50.3 Å². The first-order valence-electron chi connectivity index (χ1n) is 10.3. The van der Waals surface area contributed by atoms with Crippen molar-refractivity contribution in [3.63, 3.8) is 0 Å². The van der Waals surface area contributed by atoms with Crippen LogP contribution in [0.25, 0.3) is 0 Å². The van der Waals surface area contributed by atoms with E-state index >= 15 is 0 Å². The molecule has 3 N–H and O–H groups in total. The Balaban J connectivity index is 1.58. The van der Waals surface area contributed by atoms with Crippen LogP contribution in [0.1, 0.15) is 55.7 Å². The highest BCUT2D eigenvalue weighted by atomic mass is 16.5. The minimum Gasteiger partial charge on any atom is -0.376 e. The minimum atomic E-state index is -0.233. The number of aryl methyl sites for hydroxylation is 1. The number of aromatic amines is 1. The molecule has 29 heavy (non-hydrogen) atoms. The Kier molecular flexibility index (Phi) is 7.40. The molecule has 9 nitrogen and oxygen atoms in total. The molecular weight excluding hydrogens is 372 g/mol. The van der Waals surface area contributed by atoms with Crippen LogP contribution in [-0.2, 0) is 22.6 Å². The lowest BCUT2D eigenvalue weighted by Crippen LogP contribution is -2.50. The van der Waals surface area contributed by atoms with Gasteiger partial charge in [-0.25, -0.2) is 4.98 Å². The molecule has 2 aromatic rings. The van der Waals surface area contributed by atoms with Crippen LogP contribution in [0.4, 0.5) is 0 Å². The average molecular weight is 402 g/mol. The zero-order valence-electron chi connectivity index (χ0n) is 17.1. The maximum atomic E-state index is 12.7. The second kappa shape index (κ2) is 10.2. The SMILES string of the molecule is CCCO[C@@H]1CC[C@H](C(=O)NCc2cn(CC)cn2)C[C@H]1NC(=O)c1ccn[nH]1. The zero-order chi connectivity index (χ0) is 20.6. The van der Waals surface area contributed by atoms with E-state index in [0.29, 0.717) is 25.3 Å². The van der Waals surface area contributed by atoms with Crippen LogP contribution in [0.3, 0.4) is 0 Å². The molecule has 0 saturated heterocycles. The molecule has 3 atom stereocenters. The Bertz CT molecular complexity index is 788. The summed E-state index contributed by atoms with van der Waals surface area (Å²) in [5, 5.41) is 12.5. The van der Waals surface area contributed by atoms with Crippen molar-refractivity contribution in [3.8, 4) is 0 Å². The van der Waals surface area contributed by atoms with Gasteiger partial charge in [0.2, 0.25) is 5.91 Å². The van der Waals surface area contributed by atoms with Crippen molar-refractivity contribution in [3.05, 3.63) is 36.2 Å². The first-order valence-corrected chi connectivity index (χ1v) is 10.3. The molecule has 0 spiro atoms. The number of hydrogen-bond donors (Lipinski definition) is 3. The highest BCUT2D eigenvalue weighted by molar-refractivity contribution is 5.92. The average Bonchev–Trinajstić information content (AvgIpc) is 3.43. The summed E-state index contributed by atoms with van der Waals surface area (Å²) in [4.78, 5) is 29.5. The van der Waals surface area contributed by atoms with Gasteiger partial charge in [0.05, 0.1) is 30.7 Å². The molecule has 2 heterocycles. The fourth-order valence-electron chi connectivity index (χ4n) is 3.62. The summed E-state index contributed by atoms with van der Waals surface area (Å²) in [5.74, 6) is -0.411. The molecule has 3 rings (SSSR count). The van der Waals surface area contributed by atoms with Gasteiger partial charge < -0.3 is 19.9 Å². The Morgan fingerprint density at radius 2 is 2.21 bits per heavy atom. The van der Waals surface area contributed by atoms with Crippen molar-refractivity contribution in [1.82, 2.24) is 30.4 Å². The number of nitrogens with zero attached hydrogens (tertiary/aromatic N) is 3. The summed E-state index contributed by atoms with van der Waals surface area (Å²) in [6.45, 7) is 5.99. The normalized spacial score (nSPS) is 21.7. The molecular formula is C20H30N6O3. The largest absolute Gasteiger partial charge is 0.376 e. The highest BCUT2D eigenvalue weighted by Crippen LogP contribution is 2.27. The van der Waals surface area contributed by atoms with Crippen molar-refractivity contribution in [2.24, 2.45) is 5.92 Å². The number of amides is 2. The van der Waals surface area contributed by atoms with E-state index < -0.39 is 0 Å². The molecule has 158 valence electrons. The van der Waals surface area contributed by atoms with Crippen molar-refractivity contribution in [2.45, 2.75) is 64.8 Å². The highest BCUT2D eigenvalue weighted by Gasteiger charge is 2.35. The quantitative estimate of drug-likeness (QED) is 0.590. The maximum absolute atomic E-state index is 12.7. The van der Waals surface area contributed by atoms with Gasteiger partial charge in [0.15, 0.2) is 0 Å². The molecule has 0 aliphatic heterocycles. The molecule has 1 aliphatic carbocycles. The molecule has 1 aliphatic rings. The monoisotopic (exact) mass is 402 g/mol. The Labute approximate surface area is 170 Å². The number of imidazole rings is 1. The van der Waals surface area contributed by atoms with Crippen LogP contribution in [0, 0.1) is 5.92 Å².